The molecule has 1 saturated carbocycles. The minimum Gasteiger partial charge on any atom is -0.344 e. The molecule has 2 unspecified atom stereocenters. The Hall–Kier alpha value is -0.710. The second kappa shape index (κ2) is 5.95. The molecule has 0 aromatic heterocycles. The van der Waals surface area contributed by atoms with Crippen molar-refractivity contribution in [2.24, 2.45) is 11.8 Å². The largest absolute Gasteiger partial charge is 0.344 e. The summed E-state index contributed by atoms with van der Waals surface area (Å²) in [6.07, 6.45) is 4.68. The number of carbonyl (C=O) groups excluding carboxylic acids is 2. The fraction of sp³-hybridized carbons (Fsp3) is 0.846. The predicted molar refractivity (Wildman–Crippen MR) is 73.4 cm³/mol. The third kappa shape index (κ3) is 3.40. The van der Waals surface area contributed by atoms with Crippen LogP contribution in [0.15, 0.2) is 0 Å². The van der Waals surface area contributed by atoms with Crippen molar-refractivity contribution in [3.05, 3.63) is 0 Å². The van der Waals surface area contributed by atoms with Crippen molar-refractivity contribution >= 4 is 23.6 Å². The molecular weight excluding hydrogens is 248 g/mol. The molecule has 1 heterocycles. The summed E-state index contributed by atoms with van der Waals surface area (Å²) in [5, 5.41) is 2.89. The van der Waals surface area contributed by atoms with Crippen LogP contribution in [-0.2, 0) is 9.59 Å². The maximum absolute atomic E-state index is 12.4. The van der Waals surface area contributed by atoms with Gasteiger partial charge in [-0.25, -0.2) is 0 Å². The number of hydrogen-bond acceptors (Lipinski definition) is 3. The van der Waals surface area contributed by atoms with E-state index in [1.54, 1.807) is 11.8 Å². The topological polar surface area (TPSA) is 49.4 Å². The van der Waals surface area contributed by atoms with E-state index in [-0.39, 0.29) is 17.9 Å². The van der Waals surface area contributed by atoms with Gasteiger partial charge in [0.15, 0.2) is 0 Å². The molecule has 5 heteroatoms. The van der Waals surface area contributed by atoms with Crippen molar-refractivity contribution in [3.63, 3.8) is 0 Å². The van der Waals surface area contributed by atoms with Crippen molar-refractivity contribution in [1.82, 2.24) is 10.2 Å². The lowest BCUT2D eigenvalue weighted by Gasteiger charge is -2.26. The molecule has 2 atom stereocenters. The van der Waals surface area contributed by atoms with E-state index >= 15 is 0 Å². The van der Waals surface area contributed by atoms with E-state index in [1.807, 2.05) is 4.90 Å². The molecule has 0 bridgehead atoms. The van der Waals surface area contributed by atoms with Gasteiger partial charge in [-0.3, -0.25) is 9.59 Å². The van der Waals surface area contributed by atoms with Crippen molar-refractivity contribution in [2.45, 2.75) is 32.2 Å². The first-order valence-electron chi connectivity index (χ1n) is 6.69. The Morgan fingerprint density at radius 1 is 1.44 bits per heavy atom. The average molecular weight is 270 g/mol. The molecule has 1 saturated heterocycles. The molecule has 102 valence electrons. The van der Waals surface area contributed by atoms with Gasteiger partial charge in [0, 0.05) is 19.5 Å². The first kappa shape index (κ1) is 13.7. The zero-order valence-electron chi connectivity index (χ0n) is 11.1. The third-order valence-electron chi connectivity index (χ3n) is 3.58. The molecule has 0 aromatic rings. The number of rotatable bonds is 5. The van der Waals surface area contributed by atoms with Gasteiger partial charge >= 0.3 is 0 Å². The van der Waals surface area contributed by atoms with Gasteiger partial charge in [0.25, 0.3) is 0 Å². The van der Waals surface area contributed by atoms with Crippen molar-refractivity contribution in [3.8, 4) is 0 Å². The average Bonchev–Trinajstić information content (AvgIpc) is 3.14. The summed E-state index contributed by atoms with van der Waals surface area (Å²) < 4.78 is 0. The Morgan fingerprint density at radius 3 is 2.78 bits per heavy atom. The molecule has 1 aliphatic carbocycles. The highest BCUT2D eigenvalue weighted by molar-refractivity contribution is 7.98. The van der Waals surface area contributed by atoms with Crippen LogP contribution in [0.2, 0.25) is 0 Å². The Morgan fingerprint density at radius 2 is 2.17 bits per heavy atom. The molecule has 2 amide bonds. The fourth-order valence-corrected chi connectivity index (χ4v) is 3.17. The number of nitrogens with one attached hydrogen (secondary N) is 1. The summed E-state index contributed by atoms with van der Waals surface area (Å²) in [5.41, 5.74) is 0. The predicted octanol–water partition coefficient (Wildman–Crippen LogP) is 1.11. The van der Waals surface area contributed by atoms with Crippen LogP contribution in [0.4, 0.5) is 0 Å². The smallest absolute Gasteiger partial charge is 0.245 e. The highest BCUT2D eigenvalue weighted by Crippen LogP contribution is 2.34. The van der Waals surface area contributed by atoms with Gasteiger partial charge in [-0.2, -0.15) is 11.8 Å². The number of carbonyl (C=O) groups is 2. The molecule has 4 nitrogen and oxygen atoms in total. The lowest BCUT2D eigenvalue weighted by molar-refractivity contribution is -0.134. The molecule has 0 spiro atoms. The fourth-order valence-electron chi connectivity index (χ4n) is 2.49. The highest BCUT2D eigenvalue weighted by Gasteiger charge is 2.40. The van der Waals surface area contributed by atoms with Crippen LogP contribution in [0, 0.1) is 11.8 Å². The second-order valence-corrected chi connectivity index (χ2v) is 6.39. The SMILES string of the molecule is CSCC(C)CN1CCC(=O)NC(C2CC2)C1=O. The summed E-state index contributed by atoms with van der Waals surface area (Å²) >= 11 is 1.80. The zero-order chi connectivity index (χ0) is 13.1. The Labute approximate surface area is 113 Å². The molecular formula is C13H22N2O2S. The van der Waals surface area contributed by atoms with Crippen molar-refractivity contribution < 1.29 is 9.59 Å². The lowest BCUT2D eigenvalue weighted by Crippen LogP contribution is -2.47. The van der Waals surface area contributed by atoms with E-state index in [0.29, 0.717) is 24.8 Å². The molecule has 1 N–H and O–H groups in total. The Kier molecular flexibility index (Phi) is 4.54. The van der Waals surface area contributed by atoms with Crippen LogP contribution < -0.4 is 5.32 Å². The summed E-state index contributed by atoms with van der Waals surface area (Å²) in [6, 6.07) is -0.249. The number of nitrogens with zero attached hydrogens (tertiary/aromatic N) is 1. The number of hydrogen-bond donors (Lipinski definition) is 1. The highest BCUT2D eigenvalue weighted by atomic mass is 32.2. The minimum absolute atomic E-state index is 0.0280. The minimum atomic E-state index is -0.249. The second-order valence-electron chi connectivity index (χ2n) is 5.48. The van der Waals surface area contributed by atoms with Gasteiger partial charge in [0.1, 0.15) is 6.04 Å². The van der Waals surface area contributed by atoms with Gasteiger partial charge in [-0.1, -0.05) is 6.92 Å². The van der Waals surface area contributed by atoms with Crippen LogP contribution in [0.3, 0.4) is 0 Å². The summed E-state index contributed by atoms with van der Waals surface area (Å²) in [7, 11) is 0. The van der Waals surface area contributed by atoms with Crippen molar-refractivity contribution in [1.29, 1.82) is 0 Å². The van der Waals surface area contributed by atoms with Crippen LogP contribution in [0.25, 0.3) is 0 Å². The van der Waals surface area contributed by atoms with Crippen LogP contribution in [0.5, 0.6) is 0 Å². The molecule has 2 rings (SSSR count). The first-order valence-corrected chi connectivity index (χ1v) is 8.08. The van der Waals surface area contributed by atoms with E-state index in [9.17, 15) is 9.59 Å². The van der Waals surface area contributed by atoms with E-state index in [0.717, 1.165) is 25.1 Å². The molecule has 0 aromatic carbocycles. The summed E-state index contributed by atoms with van der Waals surface area (Å²) in [4.78, 5) is 25.9. The van der Waals surface area contributed by atoms with Crippen LogP contribution in [-0.4, -0.2) is 47.9 Å². The lowest BCUT2D eigenvalue weighted by atomic mass is 10.1. The zero-order valence-corrected chi connectivity index (χ0v) is 12.0. The third-order valence-corrected chi connectivity index (χ3v) is 4.48. The van der Waals surface area contributed by atoms with Gasteiger partial charge in [0.05, 0.1) is 0 Å². The van der Waals surface area contributed by atoms with Crippen molar-refractivity contribution in [2.75, 3.05) is 25.1 Å². The molecule has 2 fully saturated rings. The standard InChI is InChI=1S/C13H22N2O2S/c1-9(8-18-2)7-15-6-5-11(16)14-12(13(15)17)10-3-4-10/h9-10,12H,3-8H2,1-2H3,(H,14,16). The van der Waals surface area contributed by atoms with Gasteiger partial charge in [-0.15, -0.1) is 0 Å². The normalized spacial score (nSPS) is 26.8. The van der Waals surface area contributed by atoms with E-state index < -0.39 is 0 Å². The van der Waals surface area contributed by atoms with E-state index in [4.69, 9.17) is 0 Å². The molecule has 18 heavy (non-hydrogen) atoms. The maximum Gasteiger partial charge on any atom is 0.245 e. The van der Waals surface area contributed by atoms with Crippen LogP contribution >= 0.6 is 11.8 Å². The van der Waals surface area contributed by atoms with Gasteiger partial charge in [-0.05, 0) is 36.7 Å². The summed E-state index contributed by atoms with van der Waals surface area (Å²) in [5.74, 6) is 2.09. The monoisotopic (exact) mass is 270 g/mol. The molecule has 2 aliphatic rings. The van der Waals surface area contributed by atoms with Gasteiger partial charge in [0.2, 0.25) is 11.8 Å². The quantitative estimate of drug-likeness (QED) is 0.814. The number of amides is 2. The van der Waals surface area contributed by atoms with E-state index in [2.05, 4.69) is 18.5 Å². The Bertz CT molecular complexity index is 331. The van der Waals surface area contributed by atoms with Crippen LogP contribution in [0.1, 0.15) is 26.2 Å². The first-order chi connectivity index (χ1) is 8.61. The number of thioether (sulfide) groups is 1. The molecule has 0 radical (unpaired) electrons. The van der Waals surface area contributed by atoms with E-state index in [1.165, 1.54) is 0 Å². The molecule has 1 aliphatic heterocycles. The maximum atomic E-state index is 12.4. The van der Waals surface area contributed by atoms with Gasteiger partial charge < -0.3 is 10.2 Å². The Balaban J connectivity index is 1.99. The summed E-state index contributed by atoms with van der Waals surface area (Å²) in [6.45, 7) is 3.51.